The van der Waals surface area contributed by atoms with Crippen molar-refractivity contribution in [1.82, 2.24) is 0 Å². The number of hydrogen-bond donors (Lipinski definition) is 0. The molecular formula is C57H36S2. The van der Waals surface area contributed by atoms with Gasteiger partial charge in [-0.2, -0.15) is 0 Å². The zero-order valence-electron chi connectivity index (χ0n) is 32.6. The molecule has 276 valence electrons. The molecule has 0 bridgehead atoms. The van der Waals surface area contributed by atoms with Crippen LogP contribution in [-0.2, 0) is 5.41 Å². The van der Waals surface area contributed by atoms with Gasteiger partial charge in [0, 0.05) is 45.8 Å². The van der Waals surface area contributed by atoms with Gasteiger partial charge < -0.3 is 0 Å². The van der Waals surface area contributed by atoms with Gasteiger partial charge in [-0.1, -0.05) is 147 Å². The lowest BCUT2D eigenvalue weighted by Crippen LogP contribution is -2.15. The summed E-state index contributed by atoms with van der Waals surface area (Å²) in [5, 5.41) is 13.2. The van der Waals surface area contributed by atoms with Crippen LogP contribution in [0.4, 0.5) is 0 Å². The molecule has 0 saturated heterocycles. The largest absolute Gasteiger partial charge is 0.135 e. The molecule has 0 fully saturated rings. The highest BCUT2D eigenvalue weighted by atomic mass is 32.1. The fourth-order valence-electron chi connectivity index (χ4n) is 10.4. The second-order valence-electron chi connectivity index (χ2n) is 16.8. The molecular weight excluding hydrogens is 749 g/mol. The molecule has 0 spiro atoms. The maximum absolute atomic E-state index is 2.47. The van der Waals surface area contributed by atoms with E-state index in [1.54, 1.807) is 0 Å². The van der Waals surface area contributed by atoms with E-state index in [4.69, 9.17) is 0 Å². The van der Waals surface area contributed by atoms with Gasteiger partial charge >= 0.3 is 0 Å². The van der Waals surface area contributed by atoms with E-state index in [9.17, 15) is 0 Å². The molecule has 0 radical (unpaired) electrons. The summed E-state index contributed by atoms with van der Waals surface area (Å²) in [7, 11) is 0. The van der Waals surface area contributed by atoms with Gasteiger partial charge in [-0.25, -0.2) is 0 Å². The third-order valence-corrected chi connectivity index (χ3v) is 15.5. The van der Waals surface area contributed by atoms with Gasteiger partial charge in [-0.05, 0) is 136 Å². The topological polar surface area (TPSA) is 0 Å². The molecule has 10 aromatic carbocycles. The van der Waals surface area contributed by atoms with Gasteiger partial charge in [0.15, 0.2) is 0 Å². The smallest absolute Gasteiger partial charge is 0.0362 e. The summed E-state index contributed by atoms with van der Waals surface area (Å²) in [6.45, 7) is 4.80. The van der Waals surface area contributed by atoms with E-state index >= 15 is 0 Å². The van der Waals surface area contributed by atoms with Crippen molar-refractivity contribution >= 4 is 95.3 Å². The van der Waals surface area contributed by atoms with E-state index in [1.807, 2.05) is 22.7 Å². The highest BCUT2D eigenvalue weighted by molar-refractivity contribution is 7.26. The number of benzene rings is 10. The van der Waals surface area contributed by atoms with Crippen LogP contribution in [0.25, 0.3) is 117 Å². The second kappa shape index (κ2) is 12.2. The highest BCUT2D eigenvalue weighted by Crippen LogP contribution is 2.52. The number of hydrogen-bond acceptors (Lipinski definition) is 2. The maximum Gasteiger partial charge on any atom is 0.0362 e. The molecule has 13 rings (SSSR count). The van der Waals surface area contributed by atoms with Gasteiger partial charge in [-0.3, -0.25) is 0 Å². The third kappa shape index (κ3) is 4.76. The quantitative estimate of drug-likeness (QED) is 0.157. The van der Waals surface area contributed by atoms with Gasteiger partial charge in [0.05, 0.1) is 0 Å². The molecule has 0 atom stereocenters. The van der Waals surface area contributed by atoms with E-state index in [2.05, 4.69) is 196 Å². The van der Waals surface area contributed by atoms with Crippen molar-refractivity contribution in [1.29, 1.82) is 0 Å². The molecule has 0 nitrogen and oxygen atoms in total. The summed E-state index contributed by atoms with van der Waals surface area (Å²) in [6.07, 6.45) is 0. The van der Waals surface area contributed by atoms with Crippen LogP contribution in [0.3, 0.4) is 0 Å². The zero-order valence-corrected chi connectivity index (χ0v) is 34.3. The third-order valence-electron chi connectivity index (χ3n) is 13.2. The Bertz CT molecular complexity index is 3690. The molecule has 2 heterocycles. The molecule has 1 aliphatic carbocycles. The van der Waals surface area contributed by atoms with Crippen molar-refractivity contribution in [3.8, 4) is 44.5 Å². The van der Waals surface area contributed by atoms with Gasteiger partial charge in [-0.15, -0.1) is 22.7 Å². The Kier molecular flexibility index (Phi) is 6.92. The molecule has 0 N–H and O–H groups in total. The lowest BCUT2D eigenvalue weighted by molar-refractivity contribution is 0.660. The van der Waals surface area contributed by atoms with Crippen LogP contribution in [0.15, 0.2) is 182 Å². The average molecular weight is 785 g/mol. The standard InChI is InChI=1S/C57H36S2/c1-57(2)48-25-21-37(55-41-16-8-6-14-39(41)54(33-12-4-3-5-13-33)40-15-7-9-17-42(40)55)30-45(48)38-24-20-35(31-49(38)57)34-22-26-51-46(28-34)47-29-36-23-27-52-56(44(36)32-53(47)59-51)43-18-10-11-19-50(43)58-52/h3-32H,1-2H3. The van der Waals surface area contributed by atoms with Crippen molar-refractivity contribution in [2.75, 3.05) is 0 Å². The van der Waals surface area contributed by atoms with E-state index in [0.717, 1.165) is 0 Å². The van der Waals surface area contributed by atoms with Crippen LogP contribution in [0.1, 0.15) is 25.0 Å². The Morgan fingerprint density at radius 3 is 1.66 bits per heavy atom. The Morgan fingerprint density at radius 2 is 0.898 bits per heavy atom. The molecule has 0 aliphatic heterocycles. The normalized spacial score (nSPS) is 13.4. The van der Waals surface area contributed by atoms with Crippen molar-refractivity contribution < 1.29 is 0 Å². The summed E-state index contributed by atoms with van der Waals surface area (Å²) in [4.78, 5) is 0. The summed E-state index contributed by atoms with van der Waals surface area (Å²) < 4.78 is 5.40. The number of rotatable bonds is 3. The fraction of sp³-hybridized carbons (Fsp3) is 0.0526. The Balaban J connectivity index is 0.941. The molecule has 0 unspecified atom stereocenters. The first-order valence-corrected chi connectivity index (χ1v) is 22.1. The van der Waals surface area contributed by atoms with E-state index < -0.39 is 0 Å². The molecule has 2 aromatic heterocycles. The molecule has 12 aromatic rings. The average Bonchev–Trinajstić information content (AvgIpc) is 3.91. The first-order valence-electron chi connectivity index (χ1n) is 20.5. The van der Waals surface area contributed by atoms with Crippen LogP contribution in [0.5, 0.6) is 0 Å². The second-order valence-corrected chi connectivity index (χ2v) is 18.9. The molecule has 59 heavy (non-hydrogen) atoms. The summed E-state index contributed by atoms with van der Waals surface area (Å²) in [6, 6.07) is 68.7. The van der Waals surface area contributed by atoms with Crippen LogP contribution in [-0.4, -0.2) is 0 Å². The minimum Gasteiger partial charge on any atom is -0.135 e. The first-order chi connectivity index (χ1) is 29.0. The lowest BCUT2D eigenvalue weighted by Gasteiger charge is -2.22. The zero-order chi connectivity index (χ0) is 39.0. The number of fused-ring (bicyclic) bond motifs is 13. The monoisotopic (exact) mass is 784 g/mol. The van der Waals surface area contributed by atoms with Crippen LogP contribution < -0.4 is 0 Å². The minimum atomic E-state index is -0.129. The predicted molar refractivity (Wildman–Crippen MR) is 259 cm³/mol. The van der Waals surface area contributed by atoms with Crippen molar-refractivity contribution in [3.63, 3.8) is 0 Å². The summed E-state index contributed by atoms with van der Waals surface area (Å²) in [5.41, 5.74) is 13.0. The van der Waals surface area contributed by atoms with Gasteiger partial charge in [0.1, 0.15) is 0 Å². The Morgan fingerprint density at radius 1 is 0.322 bits per heavy atom. The fourth-order valence-corrected chi connectivity index (χ4v) is 12.7. The lowest BCUT2D eigenvalue weighted by atomic mass is 9.81. The highest BCUT2D eigenvalue weighted by Gasteiger charge is 2.36. The van der Waals surface area contributed by atoms with E-state index in [0.29, 0.717) is 0 Å². The molecule has 1 aliphatic rings. The Labute approximate surface area is 350 Å². The summed E-state index contributed by atoms with van der Waals surface area (Å²) >= 11 is 3.81. The van der Waals surface area contributed by atoms with Crippen LogP contribution >= 0.6 is 22.7 Å². The number of thiophene rings is 2. The first kappa shape index (κ1) is 33.4. The van der Waals surface area contributed by atoms with Gasteiger partial charge in [0.2, 0.25) is 0 Å². The van der Waals surface area contributed by atoms with Crippen molar-refractivity contribution in [3.05, 3.63) is 193 Å². The van der Waals surface area contributed by atoms with E-state index in [1.165, 1.54) is 128 Å². The SMILES string of the molecule is CC1(C)c2ccc(-c3c4ccccc4c(-c4ccccc4)c4ccccc34)cc2-c2ccc(-c3ccc4sc5cc6c(ccc7sc8ccccc8c76)cc5c4c3)cc21. The Hall–Kier alpha value is -6.58. The van der Waals surface area contributed by atoms with Gasteiger partial charge in [0.25, 0.3) is 0 Å². The maximum atomic E-state index is 2.47. The van der Waals surface area contributed by atoms with Crippen LogP contribution in [0, 0.1) is 0 Å². The molecule has 2 heteroatoms. The predicted octanol–water partition coefficient (Wildman–Crippen LogP) is 17.2. The molecule has 0 amide bonds. The molecule has 0 saturated carbocycles. The minimum absolute atomic E-state index is 0.129. The van der Waals surface area contributed by atoms with E-state index in [-0.39, 0.29) is 5.41 Å². The van der Waals surface area contributed by atoms with Crippen molar-refractivity contribution in [2.24, 2.45) is 0 Å². The summed E-state index contributed by atoms with van der Waals surface area (Å²) in [5.74, 6) is 0. The van der Waals surface area contributed by atoms with Crippen molar-refractivity contribution in [2.45, 2.75) is 19.3 Å². The van der Waals surface area contributed by atoms with Crippen LogP contribution in [0.2, 0.25) is 0 Å².